The van der Waals surface area contributed by atoms with Crippen molar-refractivity contribution in [2.24, 2.45) is 5.92 Å². The molecule has 2 amide bonds. The summed E-state index contributed by atoms with van der Waals surface area (Å²) in [6.45, 7) is 2.32. The Kier molecular flexibility index (Phi) is 6.43. The van der Waals surface area contributed by atoms with Crippen LogP contribution in [0.5, 0.6) is 0 Å². The topological polar surface area (TPSA) is 92.3 Å². The van der Waals surface area contributed by atoms with Crippen LogP contribution in [0.2, 0.25) is 0 Å². The number of nitrogens with zero attached hydrogens (tertiary/aromatic N) is 3. The Bertz CT molecular complexity index is 1100. The lowest BCUT2D eigenvalue weighted by Crippen LogP contribution is -2.28. The highest BCUT2D eigenvalue weighted by Gasteiger charge is 2.35. The summed E-state index contributed by atoms with van der Waals surface area (Å²) in [5.41, 5.74) is 2.56. The van der Waals surface area contributed by atoms with Gasteiger partial charge in [0.25, 0.3) is 0 Å². The molecule has 0 radical (unpaired) electrons. The molecule has 1 aliphatic rings. The fourth-order valence-corrected chi connectivity index (χ4v) is 4.87. The van der Waals surface area contributed by atoms with Crippen LogP contribution in [0, 0.1) is 12.8 Å². The van der Waals surface area contributed by atoms with E-state index in [-0.39, 0.29) is 29.8 Å². The molecule has 0 saturated carbocycles. The van der Waals surface area contributed by atoms with Crippen LogP contribution in [0.4, 0.5) is 10.8 Å². The summed E-state index contributed by atoms with van der Waals surface area (Å²) < 4.78 is 0.600. The minimum atomic E-state index is -0.450. The number of aryl methyl sites for hydroxylation is 1. The Balaban J connectivity index is 1.31. The average Bonchev–Trinajstić information content (AvgIpc) is 3.39. The molecular formula is C22H20N4O3S2. The standard InChI is InChI=1S/C22H20N4O3S2/c1-14-7-9-17(10-8-14)26-12-16(11-19(26)28)20(29)23-21-24-25-22(31-21)30-13-18(27)15-5-3-2-4-6-15/h2-10,16H,11-13H2,1H3,(H,23,24,29)/t16-/m1/s1. The Morgan fingerprint density at radius 1 is 1.13 bits per heavy atom. The number of amides is 2. The van der Waals surface area contributed by atoms with Gasteiger partial charge in [0.1, 0.15) is 0 Å². The number of carbonyl (C=O) groups is 3. The van der Waals surface area contributed by atoms with Gasteiger partial charge >= 0.3 is 0 Å². The largest absolute Gasteiger partial charge is 0.312 e. The first-order valence-electron chi connectivity index (χ1n) is 9.72. The van der Waals surface area contributed by atoms with Crippen LogP contribution in [-0.4, -0.2) is 40.1 Å². The van der Waals surface area contributed by atoms with E-state index in [1.165, 1.54) is 23.1 Å². The number of ketones is 1. The number of thioether (sulfide) groups is 1. The molecule has 158 valence electrons. The number of hydrogen-bond donors (Lipinski definition) is 1. The summed E-state index contributed by atoms with van der Waals surface area (Å²) in [7, 11) is 0. The summed E-state index contributed by atoms with van der Waals surface area (Å²) >= 11 is 2.50. The highest BCUT2D eigenvalue weighted by molar-refractivity contribution is 8.01. The van der Waals surface area contributed by atoms with Crippen LogP contribution in [0.15, 0.2) is 58.9 Å². The SMILES string of the molecule is Cc1ccc(N2C[C@H](C(=O)Nc3nnc(SCC(=O)c4ccccc4)s3)CC2=O)cc1. The van der Waals surface area contributed by atoms with Gasteiger partial charge in [-0.3, -0.25) is 14.4 Å². The summed E-state index contributed by atoms with van der Waals surface area (Å²) in [6, 6.07) is 16.7. The van der Waals surface area contributed by atoms with Crippen molar-refractivity contribution in [3.05, 3.63) is 65.7 Å². The monoisotopic (exact) mass is 452 g/mol. The van der Waals surface area contributed by atoms with E-state index in [0.29, 0.717) is 21.6 Å². The van der Waals surface area contributed by atoms with E-state index in [1.807, 2.05) is 49.4 Å². The molecule has 2 aromatic carbocycles. The smallest absolute Gasteiger partial charge is 0.231 e. The third-order valence-corrected chi connectivity index (χ3v) is 6.87. The van der Waals surface area contributed by atoms with Gasteiger partial charge in [0.15, 0.2) is 10.1 Å². The van der Waals surface area contributed by atoms with E-state index >= 15 is 0 Å². The molecule has 1 aliphatic heterocycles. The molecule has 3 aromatic rings. The molecule has 1 atom stereocenters. The highest BCUT2D eigenvalue weighted by atomic mass is 32.2. The first kappa shape index (κ1) is 21.2. The molecule has 1 saturated heterocycles. The average molecular weight is 453 g/mol. The molecule has 1 fully saturated rings. The zero-order valence-electron chi connectivity index (χ0n) is 16.8. The highest BCUT2D eigenvalue weighted by Crippen LogP contribution is 2.29. The summed E-state index contributed by atoms with van der Waals surface area (Å²) in [5.74, 6) is -0.525. The molecule has 0 spiro atoms. The van der Waals surface area contributed by atoms with Crippen molar-refractivity contribution >= 4 is 51.5 Å². The van der Waals surface area contributed by atoms with E-state index in [9.17, 15) is 14.4 Å². The summed E-state index contributed by atoms with van der Waals surface area (Å²) in [4.78, 5) is 38.9. The van der Waals surface area contributed by atoms with Gasteiger partial charge in [-0.2, -0.15) is 0 Å². The Hall–Kier alpha value is -3.04. The maximum atomic E-state index is 12.6. The van der Waals surface area contributed by atoms with Gasteiger partial charge in [0.2, 0.25) is 16.9 Å². The Morgan fingerprint density at radius 3 is 2.61 bits per heavy atom. The first-order valence-corrected chi connectivity index (χ1v) is 11.5. The van der Waals surface area contributed by atoms with E-state index in [2.05, 4.69) is 15.5 Å². The normalized spacial score (nSPS) is 15.8. The molecule has 1 aromatic heterocycles. The fraction of sp³-hybridized carbons (Fsp3) is 0.227. The van der Waals surface area contributed by atoms with Crippen molar-refractivity contribution in [3.63, 3.8) is 0 Å². The molecular weight excluding hydrogens is 432 g/mol. The van der Waals surface area contributed by atoms with Crippen molar-refractivity contribution in [2.45, 2.75) is 17.7 Å². The van der Waals surface area contributed by atoms with E-state index in [4.69, 9.17) is 0 Å². The zero-order valence-corrected chi connectivity index (χ0v) is 18.4. The summed E-state index contributed by atoms with van der Waals surface area (Å²) in [6.07, 6.45) is 0.158. The predicted molar refractivity (Wildman–Crippen MR) is 122 cm³/mol. The fourth-order valence-electron chi connectivity index (χ4n) is 3.22. The van der Waals surface area contributed by atoms with Crippen LogP contribution < -0.4 is 10.2 Å². The molecule has 0 unspecified atom stereocenters. The van der Waals surface area contributed by atoms with Gasteiger partial charge < -0.3 is 10.2 Å². The third kappa shape index (κ3) is 5.18. The number of aromatic nitrogens is 2. The van der Waals surface area contributed by atoms with Gasteiger partial charge in [-0.25, -0.2) is 0 Å². The van der Waals surface area contributed by atoms with Crippen LogP contribution in [0.25, 0.3) is 0 Å². The van der Waals surface area contributed by atoms with Crippen LogP contribution in [-0.2, 0) is 9.59 Å². The molecule has 0 aliphatic carbocycles. The van der Waals surface area contributed by atoms with Crippen molar-refractivity contribution in [2.75, 3.05) is 22.5 Å². The minimum Gasteiger partial charge on any atom is -0.312 e. The second-order valence-electron chi connectivity index (χ2n) is 7.18. The predicted octanol–water partition coefficient (Wildman–Crippen LogP) is 3.81. The molecule has 4 rings (SSSR count). The van der Waals surface area contributed by atoms with Crippen molar-refractivity contribution in [1.29, 1.82) is 0 Å². The number of Topliss-reactive ketones (excluding diaryl/α,β-unsaturated/α-hetero) is 1. The number of benzene rings is 2. The van der Waals surface area contributed by atoms with Crippen LogP contribution in [0.3, 0.4) is 0 Å². The molecule has 31 heavy (non-hydrogen) atoms. The van der Waals surface area contributed by atoms with Gasteiger partial charge in [-0.1, -0.05) is 71.1 Å². The Morgan fingerprint density at radius 2 is 1.87 bits per heavy atom. The zero-order chi connectivity index (χ0) is 21.8. The van der Waals surface area contributed by atoms with Crippen molar-refractivity contribution < 1.29 is 14.4 Å². The van der Waals surface area contributed by atoms with Crippen LogP contribution in [0.1, 0.15) is 22.3 Å². The van der Waals surface area contributed by atoms with Crippen molar-refractivity contribution in [3.8, 4) is 0 Å². The molecule has 7 nitrogen and oxygen atoms in total. The van der Waals surface area contributed by atoms with E-state index < -0.39 is 5.92 Å². The lowest BCUT2D eigenvalue weighted by Gasteiger charge is -2.16. The second kappa shape index (κ2) is 9.40. The van der Waals surface area contributed by atoms with Gasteiger partial charge in [0, 0.05) is 24.2 Å². The number of carbonyl (C=O) groups excluding carboxylic acids is 3. The summed E-state index contributed by atoms with van der Waals surface area (Å²) in [5, 5.41) is 11.1. The lowest BCUT2D eigenvalue weighted by molar-refractivity contribution is -0.122. The number of anilines is 2. The third-order valence-electron chi connectivity index (χ3n) is 4.90. The molecule has 2 heterocycles. The van der Waals surface area contributed by atoms with Gasteiger partial charge in [0.05, 0.1) is 11.7 Å². The Labute approximate surface area is 187 Å². The maximum Gasteiger partial charge on any atom is 0.231 e. The van der Waals surface area contributed by atoms with Crippen molar-refractivity contribution in [1.82, 2.24) is 10.2 Å². The van der Waals surface area contributed by atoms with E-state index in [0.717, 1.165) is 11.3 Å². The van der Waals surface area contributed by atoms with Gasteiger partial charge in [-0.15, -0.1) is 10.2 Å². The second-order valence-corrected chi connectivity index (χ2v) is 9.38. The molecule has 1 N–H and O–H groups in total. The van der Waals surface area contributed by atoms with E-state index in [1.54, 1.807) is 17.0 Å². The number of nitrogens with one attached hydrogen (secondary N) is 1. The number of rotatable bonds is 7. The number of hydrogen-bond acceptors (Lipinski definition) is 7. The molecule has 9 heteroatoms. The minimum absolute atomic E-state index is 0.00653. The molecule has 0 bridgehead atoms. The lowest BCUT2D eigenvalue weighted by atomic mass is 10.1. The first-order chi connectivity index (χ1) is 15.0. The van der Waals surface area contributed by atoms with Crippen LogP contribution >= 0.6 is 23.1 Å². The quantitative estimate of drug-likeness (QED) is 0.333. The maximum absolute atomic E-state index is 12.6. The van der Waals surface area contributed by atoms with Gasteiger partial charge in [-0.05, 0) is 19.1 Å².